The molecule has 4 aromatic rings. The molecule has 1 amide bonds. The number of hydrogen-bond donors (Lipinski definition) is 2. The number of aromatic nitrogens is 5. The molecule has 11 nitrogen and oxygen atoms in total. The van der Waals surface area contributed by atoms with Gasteiger partial charge < -0.3 is 14.9 Å². The molecule has 0 aliphatic carbocycles. The lowest BCUT2D eigenvalue weighted by Gasteiger charge is -2.30. The Kier molecular flexibility index (Phi) is 6.54. The summed E-state index contributed by atoms with van der Waals surface area (Å²) >= 11 is 0. The van der Waals surface area contributed by atoms with Crippen molar-refractivity contribution in [2.75, 3.05) is 5.32 Å². The van der Waals surface area contributed by atoms with Crippen molar-refractivity contribution in [1.82, 2.24) is 24.5 Å². The summed E-state index contributed by atoms with van der Waals surface area (Å²) < 4.78 is 51.0. The van der Waals surface area contributed by atoms with Crippen molar-refractivity contribution < 1.29 is 27.6 Å². The number of carbonyl (C=O) groups is 1. The fourth-order valence-corrected chi connectivity index (χ4v) is 4.01. The lowest BCUT2D eigenvalue weighted by Crippen LogP contribution is -2.36. The number of anilines is 1. The highest BCUT2D eigenvalue weighted by Crippen LogP contribution is 2.48. The third-order valence-corrected chi connectivity index (χ3v) is 5.67. The summed E-state index contributed by atoms with van der Waals surface area (Å²) in [4.78, 5) is 29.4. The van der Waals surface area contributed by atoms with E-state index in [4.69, 9.17) is 0 Å². The molecule has 0 bridgehead atoms. The number of aryl methyl sites for hydroxylation is 1. The maximum absolute atomic E-state index is 14.9. The molecule has 3 aromatic heterocycles. The van der Waals surface area contributed by atoms with E-state index < -0.39 is 46.7 Å². The third kappa shape index (κ3) is 4.79. The van der Waals surface area contributed by atoms with Crippen molar-refractivity contribution in [3.8, 4) is 11.8 Å². The van der Waals surface area contributed by atoms with E-state index in [9.17, 15) is 33.1 Å². The van der Waals surface area contributed by atoms with E-state index in [1.807, 2.05) is 6.07 Å². The molecule has 2 N–H and O–H groups in total. The first-order valence-corrected chi connectivity index (χ1v) is 10.6. The van der Waals surface area contributed by atoms with Crippen molar-refractivity contribution in [3.05, 3.63) is 87.7 Å². The van der Waals surface area contributed by atoms with Gasteiger partial charge in [0.05, 0.1) is 24.0 Å². The second-order valence-electron chi connectivity index (χ2n) is 8.04. The Morgan fingerprint density at radius 3 is 2.57 bits per heavy atom. The number of alkyl halides is 3. The van der Waals surface area contributed by atoms with Gasteiger partial charge in [-0.05, 0) is 17.2 Å². The molecule has 0 saturated heterocycles. The van der Waals surface area contributed by atoms with Crippen LogP contribution in [-0.4, -0.2) is 41.7 Å². The first-order chi connectivity index (χ1) is 17.5. The van der Waals surface area contributed by atoms with Crippen LogP contribution < -0.4 is 10.9 Å². The number of aromatic hydroxyl groups is 1. The molecule has 190 valence electrons. The Labute approximate surface area is 206 Å². The standard InChI is InChI=1S/C23H18F3N7O4/c1-32-10-13(8-28-32)16(15-6-4-3-5-12(15)7-27)17(23(24,25)26)20-31-18(19(34)22(36)33(20)2)21(35)30-14-9-29-37-11-14/h3-6,8-11,16-17,34H,1-2H3,(H,30,35)/t16-,17-/m0/s1. The quantitative estimate of drug-likeness (QED) is 0.399. The number of nitriles is 1. The number of amides is 1. The summed E-state index contributed by atoms with van der Waals surface area (Å²) in [6.45, 7) is 0. The highest BCUT2D eigenvalue weighted by Gasteiger charge is 2.50. The molecule has 3 heterocycles. The van der Waals surface area contributed by atoms with E-state index in [0.717, 1.165) is 19.5 Å². The minimum atomic E-state index is -5.03. The van der Waals surface area contributed by atoms with E-state index in [1.165, 1.54) is 48.4 Å². The number of nitrogens with one attached hydrogen (secondary N) is 1. The van der Waals surface area contributed by atoms with E-state index >= 15 is 0 Å². The molecular weight excluding hydrogens is 495 g/mol. The summed E-state index contributed by atoms with van der Waals surface area (Å²) in [5.74, 6) is -7.26. The van der Waals surface area contributed by atoms with Crippen molar-refractivity contribution >= 4 is 11.6 Å². The van der Waals surface area contributed by atoms with Gasteiger partial charge in [-0.3, -0.25) is 18.8 Å². The largest absolute Gasteiger partial charge is 0.501 e. The number of carbonyl (C=O) groups excluding carboxylic acids is 1. The van der Waals surface area contributed by atoms with Gasteiger partial charge >= 0.3 is 6.18 Å². The van der Waals surface area contributed by atoms with Crippen molar-refractivity contribution in [2.24, 2.45) is 14.1 Å². The predicted molar refractivity (Wildman–Crippen MR) is 121 cm³/mol. The highest BCUT2D eigenvalue weighted by molar-refractivity contribution is 6.04. The van der Waals surface area contributed by atoms with Crippen LogP contribution in [0, 0.1) is 11.3 Å². The van der Waals surface area contributed by atoms with Gasteiger partial charge in [0.15, 0.2) is 5.69 Å². The van der Waals surface area contributed by atoms with Crippen LogP contribution in [0.3, 0.4) is 0 Å². The van der Waals surface area contributed by atoms with E-state index in [0.29, 0.717) is 4.57 Å². The topological polar surface area (TPSA) is 152 Å². The molecule has 37 heavy (non-hydrogen) atoms. The van der Waals surface area contributed by atoms with Gasteiger partial charge in [-0.25, -0.2) is 4.98 Å². The van der Waals surface area contributed by atoms with Gasteiger partial charge in [-0.1, -0.05) is 23.4 Å². The third-order valence-electron chi connectivity index (χ3n) is 5.67. The first kappa shape index (κ1) is 25.2. The van der Waals surface area contributed by atoms with Gasteiger partial charge in [0, 0.05) is 26.2 Å². The number of halogens is 3. The van der Waals surface area contributed by atoms with Crippen LogP contribution in [0.15, 0.2) is 58.4 Å². The van der Waals surface area contributed by atoms with Crippen LogP contribution in [0.25, 0.3) is 0 Å². The Bertz CT molecular complexity index is 1550. The van der Waals surface area contributed by atoms with Crippen LogP contribution >= 0.6 is 0 Å². The molecule has 0 saturated carbocycles. The summed E-state index contributed by atoms with van der Waals surface area (Å²) in [5.41, 5.74) is -2.10. The number of rotatable bonds is 6. The van der Waals surface area contributed by atoms with Crippen LogP contribution in [0.1, 0.15) is 44.8 Å². The average Bonchev–Trinajstić information content (AvgIpc) is 3.52. The van der Waals surface area contributed by atoms with Gasteiger partial charge in [-0.15, -0.1) is 0 Å². The smallest absolute Gasteiger partial charge is 0.399 e. The molecule has 0 fully saturated rings. The second-order valence-corrected chi connectivity index (χ2v) is 8.04. The van der Waals surface area contributed by atoms with Crippen LogP contribution in [-0.2, 0) is 14.1 Å². The predicted octanol–water partition coefficient (Wildman–Crippen LogP) is 2.81. The van der Waals surface area contributed by atoms with Crippen LogP contribution in [0.4, 0.5) is 18.9 Å². The molecule has 0 unspecified atom stereocenters. The molecular formula is C23H18F3N7O4. The van der Waals surface area contributed by atoms with Crippen molar-refractivity contribution in [3.63, 3.8) is 0 Å². The van der Waals surface area contributed by atoms with E-state index in [2.05, 4.69) is 25.1 Å². The Balaban J connectivity index is 1.98. The lowest BCUT2D eigenvalue weighted by molar-refractivity contribution is -0.156. The molecule has 2 atom stereocenters. The minimum Gasteiger partial charge on any atom is -0.501 e. The Morgan fingerprint density at radius 1 is 1.24 bits per heavy atom. The zero-order valence-corrected chi connectivity index (χ0v) is 19.3. The van der Waals surface area contributed by atoms with Crippen LogP contribution in [0.2, 0.25) is 0 Å². The SMILES string of the molecule is Cn1cc([C@@H](c2ccccc2C#N)[C@@H](c2nc(C(=O)Nc3cnoc3)c(O)c(=O)n2C)C(F)(F)F)cn1. The van der Waals surface area contributed by atoms with Crippen molar-refractivity contribution in [1.29, 1.82) is 5.26 Å². The van der Waals surface area contributed by atoms with E-state index in [-0.39, 0.29) is 22.4 Å². The lowest BCUT2D eigenvalue weighted by atomic mass is 9.79. The number of benzene rings is 1. The molecule has 0 aliphatic rings. The molecule has 4 rings (SSSR count). The van der Waals surface area contributed by atoms with Gasteiger partial charge in [0.1, 0.15) is 23.7 Å². The summed E-state index contributed by atoms with van der Waals surface area (Å²) in [5, 5.41) is 29.5. The Hall–Kier alpha value is -4.93. The fourth-order valence-electron chi connectivity index (χ4n) is 4.01. The molecule has 14 heteroatoms. The highest BCUT2D eigenvalue weighted by atomic mass is 19.4. The van der Waals surface area contributed by atoms with Crippen LogP contribution in [0.5, 0.6) is 5.75 Å². The zero-order valence-electron chi connectivity index (χ0n) is 19.3. The maximum Gasteiger partial charge on any atom is 0.399 e. The van der Waals surface area contributed by atoms with Gasteiger partial charge in [0.2, 0.25) is 5.75 Å². The second kappa shape index (κ2) is 9.61. The fraction of sp³-hybridized carbons (Fsp3) is 0.217. The molecule has 0 aliphatic heterocycles. The Morgan fingerprint density at radius 2 is 1.97 bits per heavy atom. The average molecular weight is 513 g/mol. The molecule has 0 radical (unpaired) electrons. The van der Waals surface area contributed by atoms with Gasteiger partial charge in [0.25, 0.3) is 11.5 Å². The molecule has 0 spiro atoms. The monoisotopic (exact) mass is 513 g/mol. The zero-order chi connectivity index (χ0) is 26.9. The van der Waals surface area contributed by atoms with Gasteiger partial charge in [-0.2, -0.15) is 23.5 Å². The molecule has 1 aromatic carbocycles. The minimum absolute atomic E-state index is 0.0122. The van der Waals surface area contributed by atoms with Crippen molar-refractivity contribution in [2.45, 2.75) is 18.0 Å². The summed E-state index contributed by atoms with van der Waals surface area (Å²) in [6.07, 6.45) is -0.315. The number of nitrogens with zero attached hydrogens (tertiary/aromatic N) is 6. The maximum atomic E-state index is 14.9. The number of hydrogen-bond acceptors (Lipinski definition) is 8. The summed E-state index contributed by atoms with van der Waals surface area (Å²) in [7, 11) is 2.52. The first-order valence-electron chi connectivity index (χ1n) is 10.6. The van der Waals surface area contributed by atoms with E-state index in [1.54, 1.807) is 0 Å². The normalized spacial score (nSPS) is 13.1. The summed E-state index contributed by atoms with van der Waals surface area (Å²) in [6, 6.07) is 7.62.